The Morgan fingerprint density at radius 3 is 2.88 bits per heavy atom. The summed E-state index contributed by atoms with van der Waals surface area (Å²) in [4.78, 5) is 7.82. The SMILES string of the molecule is FC(F)(F)c1ccc2c(n1)O[C@H]1CCCN=C21. The van der Waals surface area contributed by atoms with Crippen LogP contribution in [0, 0.1) is 0 Å². The van der Waals surface area contributed by atoms with E-state index in [2.05, 4.69) is 9.98 Å². The number of rotatable bonds is 0. The van der Waals surface area contributed by atoms with Gasteiger partial charge in [-0.25, -0.2) is 4.98 Å². The Labute approximate surface area is 95.3 Å². The summed E-state index contributed by atoms with van der Waals surface area (Å²) in [6.45, 7) is 0.704. The number of halogens is 3. The van der Waals surface area contributed by atoms with Crippen molar-refractivity contribution in [3.8, 4) is 5.88 Å². The maximum absolute atomic E-state index is 12.5. The first-order valence-electron chi connectivity index (χ1n) is 5.35. The first-order valence-corrected chi connectivity index (χ1v) is 5.35. The minimum absolute atomic E-state index is 0.0606. The highest BCUT2D eigenvalue weighted by Gasteiger charge is 2.37. The Kier molecular flexibility index (Phi) is 2.14. The third-order valence-electron chi connectivity index (χ3n) is 2.89. The predicted octanol–water partition coefficient (Wildman–Crippen LogP) is 2.44. The number of hydrogen-bond donors (Lipinski definition) is 0. The maximum Gasteiger partial charge on any atom is 0.433 e. The molecule has 1 aromatic heterocycles. The Hall–Kier alpha value is -1.59. The third kappa shape index (κ3) is 1.67. The van der Waals surface area contributed by atoms with Gasteiger partial charge >= 0.3 is 6.18 Å². The molecule has 0 bridgehead atoms. The van der Waals surface area contributed by atoms with Crippen LogP contribution in [0.4, 0.5) is 13.2 Å². The van der Waals surface area contributed by atoms with E-state index < -0.39 is 11.9 Å². The van der Waals surface area contributed by atoms with Crippen LogP contribution in [0.25, 0.3) is 0 Å². The average molecular weight is 242 g/mol. The fraction of sp³-hybridized carbons (Fsp3) is 0.455. The molecule has 0 saturated heterocycles. The second-order valence-corrected chi connectivity index (χ2v) is 4.06. The molecule has 3 nitrogen and oxygen atoms in total. The normalized spacial score (nSPS) is 22.5. The zero-order valence-corrected chi connectivity index (χ0v) is 8.79. The number of hydrogen-bond acceptors (Lipinski definition) is 3. The van der Waals surface area contributed by atoms with Gasteiger partial charge in [0.15, 0.2) is 0 Å². The highest BCUT2D eigenvalue weighted by atomic mass is 19.4. The van der Waals surface area contributed by atoms with Gasteiger partial charge in [0.25, 0.3) is 0 Å². The van der Waals surface area contributed by atoms with Crippen LogP contribution >= 0.6 is 0 Å². The molecule has 2 aliphatic rings. The van der Waals surface area contributed by atoms with Crippen molar-refractivity contribution in [3.63, 3.8) is 0 Å². The van der Waals surface area contributed by atoms with Gasteiger partial charge in [-0.1, -0.05) is 0 Å². The van der Waals surface area contributed by atoms with Gasteiger partial charge in [0.2, 0.25) is 5.88 Å². The van der Waals surface area contributed by atoms with E-state index in [1.165, 1.54) is 6.07 Å². The fourth-order valence-electron chi connectivity index (χ4n) is 2.11. The molecule has 90 valence electrons. The Morgan fingerprint density at radius 2 is 2.12 bits per heavy atom. The molecule has 1 aromatic rings. The molecule has 0 radical (unpaired) electrons. The molecule has 1 atom stereocenters. The van der Waals surface area contributed by atoms with Crippen molar-refractivity contribution in [1.29, 1.82) is 0 Å². The van der Waals surface area contributed by atoms with Crippen molar-refractivity contribution in [1.82, 2.24) is 4.98 Å². The molecular weight excluding hydrogens is 233 g/mol. The first-order chi connectivity index (χ1) is 8.05. The van der Waals surface area contributed by atoms with Gasteiger partial charge in [-0.05, 0) is 25.0 Å². The molecule has 0 saturated carbocycles. The molecule has 0 fully saturated rings. The van der Waals surface area contributed by atoms with Crippen LogP contribution < -0.4 is 4.74 Å². The number of aliphatic imine (C=N–C) groups is 1. The molecule has 0 aromatic carbocycles. The molecule has 0 spiro atoms. The van der Waals surface area contributed by atoms with E-state index in [1.807, 2.05) is 0 Å². The Balaban J connectivity index is 2.04. The van der Waals surface area contributed by atoms with Crippen LogP contribution in [0.15, 0.2) is 17.1 Å². The molecule has 3 heterocycles. The van der Waals surface area contributed by atoms with Gasteiger partial charge in [0.1, 0.15) is 11.8 Å². The van der Waals surface area contributed by atoms with Crippen LogP contribution in [-0.4, -0.2) is 23.3 Å². The third-order valence-corrected chi connectivity index (χ3v) is 2.89. The van der Waals surface area contributed by atoms with Crippen LogP contribution in [0.2, 0.25) is 0 Å². The lowest BCUT2D eigenvalue weighted by molar-refractivity contribution is -0.141. The van der Waals surface area contributed by atoms with Crippen LogP contribution in [0.1, 0.15) is 24.1 Å². The van der Waals surface area contributed by atoms with Crippen molar-refractivity contribution in [2.24, 2.45) is 4.99 Å². The number of aromatic nitrogens is 1. The highest BCUT2D eigenvalue weighted by Crippen LogP contribution is 2.35. The van der Waals surface area contributed by atoms with E-state index in [0.29, 0.717) is 12.1 Å². The van der Waals surface area contributed by atoms with Gasteiger partial charge in [0, 0.05) is 6.54 Å². The smallest absolute Gasteiger partial charge is 0.433 e. The number of alkyl halides is 3. The van der Waals surface area contributed by atoms with Gasteiger partial charge in [-0.15, -0.1) is 0 Å². The van der Waals surface area contributed by atoms with Crippen molar-refractivity contribution >= 4 is 5.71 Å². The summed E-state index contributed by atoms with van der Waals surface area (Å²) in [5, 5.41) is 0. The number of ether oxygens (including phenoxy) is 1. The lowest BCUT2D eigenvalue weighted by atomic mass is 10.0. The van der Waals surface area contributed by atoms with Crippen LogP contribution in [0.3, 0.4) is 0 Å². The Bertz CT molecular complexity index is 496. The number of pyridine rings is 1. The predicted molar refractivity (Wildman–Crippen MR) is 54.3 cm³/mol. The maximum atomic E-state index is 12.5. The van der Waals surface area contributed by atoms with Gasteiger partial charge in [-0.2, -0.15) is 13.2 Å². The molecule has 0 unspecified atom stereocenters. The lowest BCUT2D eigenvalue weighted by Crippen LogP contribution is -2.25. The molecule has 2 aliphatic heterocycles. The fourth-order valence-corrected chi connectivity index (χ4v) is 2.11. The topological polar surface area (TPSA) is 34.5 Å². The van der Waals surface area contributed by atoms with Crippen LogP contribution in [0.5, 0.6) is 5.88 Å². The van der Waals surface area contributed by atoms with E-state index in [1.54, 1.807) is 0 Å². The molecule has 3 rings (SSSR count). The van der Waals surface area contributed by atoms with Crippen molar-refractivity contribution in [2.75, 3.05) is 6.54 Å². The van der Waals surface area contributed by atoms with E-state index >= 15 is 0 Å². The van der Waals surface area contributed by atoms with Crippen molar-refractivity contribution in [2.45, 2.75) is 25.1 Å². The average Bonchev–Trinajstić information content (AvgIpc) is 2.65. The quantitative estimate of drug-likeness (QED) is 0.700. The van der Waals surface area contributed by atoms with Gasteiger partial charge < -0.3 is 4.74 Å². The second kappa shape index (κ2) is 3.45. The van der Waals surface area contributed by atoms with Crippen LogP contribution in [-0.2, 0) is 6.18 Å². The Morgan fingerprint density at radius 1 is 1.29 bits per heavy atom. The zero-order chi connectivity index (χ0) is 12.0. The van der Waals surface area contributed by atoms with E-state index in [0.717, 1.165) is 24.6 Å². The van der Waals surface area contributed by atoms with Crippen molar-refractivity contribution in [3.05, 3.63) is 23.4 Å². The van der Waals surface area contributed by atoms with E-state index in [-0.39, 0.29) is 12.0 Å². The number of nitrogens with zero attached hydrogens (tertiary/aromatic N) is 2. The standard InChI is InChI=1S/C11H9F3N2O/c12-11(13,14)8-4-3-6-9-7(2-1-5-15-9)17-10(6)16-8/h3-4,7H,1-2,5H2/t7-/m0/s1. The molecule has 0 aliphatic carbocycles. The first kappa shape index (κ1) is 10.6. The molecular formula is C11H9F3N2O. The molecule has 6 heteroatoms. The zero-order valence-electron chi connectivity index (χ0n) is 8.79. The van der Waals surface area contributed by atoms with Crippen molar-refractivity contribution < 1.29 is 17.9 Å². The van der Waals surface area contributed by atoms with Gasteiger partial charge in [-0.3, -0.25) is 4.99 Å². The summed E-state index contributed by atoms with van der Waals surface area (Å²) < 4.78 is 42.8. The largest absolute Gasteiger partial charge is 0.467 e. The number of fused-ring (bicyclic) bond motifs is 3. The molecule has 17 heavy (non-hydrogen) atoms. The summed E-state index contributed by atoms with van der Waals surface area (Å²) in [6.07, 6.45) is -2.96. The lowest BCUT2D eigenvalue weighted by Gasteiger charge is -2.14. The van der Waals surface area contributed by atoms with E-state index in [4.69, 9.17) is 4.74 Å². The summed E-state index contributed by atoms with van der Waals surface area (Å²) >= 11 is 0. The second-order valence-electron chi connectivity index (χ2n) is 4.06. The monoisotopic (exact) mass is 242 g/mol. The minimum Gasteiger partial charge on any atom is -0.467 e. The van der Waals surface area contributed by atoms with E-state index in [9.17, 15) is 13.2 Å². The summed E-state index contributed by atoms with van der Waals surface area (Å²) in [7, 11) is 0. The summed E-state index contributed by atoms with van der Waals surface area (Å²) in [6, 6.07) is 2.37. The molecule has 0 amide bonds. The highest BCUT2D eigenvalue weighted by molar-refractivity contribution is 6.08. The minimum atomic E-state index is -4.44. The molecule has 0 N–H and O–H groups in total. The summed E-state index contributed by atoms with van der Waals surface area (Å²) in [5.74, 6) is 0.0606. The summed E-state index contributed by atoms with van der Waals surface area (Å²) in [5.41, 5.74) is 0.422. The van der Waals surface area contributed by atoms with Gasteiger partial charge in [0.05, 0.1) is 11.3 Å².